The van der Waals surface area contributed by atoms with E-state index in [9.17, 15) is 9.59 Å². The molecule has 0 aromatic heterocycles. The largest absolute Gasteiger partial charge is 0.398 e. The van der Waals surface area contributed by atoms with E-state index < -0.39 is 0 Å². The van der Waals surface area contributed by atoms with Gasteiger partial charge in [-0.15, -0.1) is 0 Å². The molecule has 1 saturated heterocycles. The summed E-state index contributed by atoms with van der Waals surface area (Å²) in [5.74, 6) is -0.0722. The van der Waals surface area contributed by atoms with Crippen LogP contribution in [0.1, 0.15) is 22.8 Å². The molecule has 0 saturated carbocycles. The SMILES string of the molecule is CCc1ccccc1NC(=O)CN1CCN(C(=O)c2ccccc2N)CC1. The van der Waals surface area contributed by atoms with Gasteiger partial charge in [-0.05, 0) is 30.2 Å². The van der Waals surface area contributed by atoms with E-state index >= 15 is 0 Å². The molecule has 1 fully saturated rings. The summed E-state index contributed by atoms with van der Waals surface area (Å²) in [5.41, 5.74) is 8.95. The maximum absolute atomic E-state index is 12.6. The summed E-state index contributed by atoms with van der Waals surface area (Å²) in [6.07, 6.45) is 0.875. The summed E-state index contributed by atoms with van der Waals surface area (Å²) >= 11 is 0. The Bertz CT molecular complexity index is 813. The number of carbonyl (C=O) groups is 2. The van der Waals surface area contributed by atoms with E-state index in [1.807, 2.05) is 36.4 Å². The normalized spacial score (nSPS) is 14.8. The monoisotopic (exact) mass is 366 g/mol. The highest BCUT2D eigenvalue weighted by atomic mass is 16.2. The summed E-state index contributed by atoms with van der Waals surface area (Å²) in [4.78, 5) is 28.9. The average Bonchev–Trinajstić information content (AvgIpc) is 2.69. The lowest BCUT2D eigenvalue weighted by Crippen LogP contribution is -2.50. The number of piperazine rings is 1. The number of amides is 2. The van der Waals surface area contributed by atoms with Crippen molar-refractivity contribution in [1.29, 1.82) is 0 Å². The number of nitrogens with zero attached hydrogens (tertiary/aromatic N) is 2. The Balaban J connectivity index is 1.51. The average molecular weight is 366 g/mol. The molecule has 0 spiro atoms. The Labute approximate surface area is 159 Å². The van der Waals surface area contributed by atoms with Gasteiger partial charge in [0.2, 0.25) is 5.91 Å². The van der Waals surface area contributed by atoms with Gasteiger partial charge in [-0.25, -0.2) is 0 Å². The lowest BCUT2D eigenvalue weighted by Gasteiger charge is -2.34. The molecular weight excluding hydrogens is 340 g/mol. The maximum Gasteiger partial charge on any atom is 0.256 e. The highest BCUT2D eigenvalue weighted by Crippen LogP contribution is 2.17. The van der Waals surface area contributed by atoms with Crippen molar-refractivity contribution >= 4 is 23.2 Å². The fourth-order valence-electron chi connectivity index (χ4n) is 3.31. The van der Waals surface area contributed by atoms with Gasteiger partial charge < -0.3 is 16.0 Å². The van der Waals surface area contributed by atoms with Gasteiger partial charge in [0, 0.05) is 37.6 Å². The predicted molar refractivity (Wildman–Crippen MR) is 108 cm³/mol. The quantitative estimate of drug-likeness (QED) is 0.796. The lowest BCUT2D eigenvalue weighted by atomic mass is 10.1. The van der Waals surface area contributed by atoms with Crippen LogP contribution < -0.4 is 11.1 Å². The number of aryl methyl sites for hydroxylation is 1. The predicted octanol–water partition coefficient (Wildman–Crippen LogP) is 2.23. The second-order valence-electron chi connectivity index (χ2n) is 6.71. The summed E-state index contributed by atoms with van der Waals surface area (Å²) in [6, 6.07) is 15.0. The molecule has 1 aliphatic heterocycles. The standard InChI is InChI=1S/C21H26N4O2/c1-2-16-7-3-6-10-19(16)23-20(26)15-24-11-13-25(14-12-24)21(27)17-8-4-5-9-18(17)22/h3-10H,2,11-15,22H2,1H3,(H,23,26). The van der Waals surface area contributed by atoms with Gasteiger partial charge in [0.1, 0.15) is 0 Å². The van der Waals surface area contributed by atoms with Crippen LogP contribution in [0.2, 0.25) is 0 Å². The highest BCUT2D eigenvalue weighted by Gasteiger charge is 2.24. The molecule has 3 N–H and O–H groups in total. The summed E-state index contributed by atoms with van der Waals surface area (Å²) in [7, 11) is 0. The first kappa shape index (κ1) is 18.9. The second-order valence-corrected chi connectivity index (χ2v) is 6.71. The van der Waals surface area contributed by atoms with E-state index in [2.05, 4.69) is 17.1 Å². The minimum absolute atomic E-state index is 0.0250. The van der Waals surface area contributed by atoms with Gasteiger partial charge in [0.05, 0.1) is 12.1 Å². The zero-order valence-corrected chi connectivity index (χ0v) is 15.6. The van der Waals surface area contributed by atoms with Crippen molar-refractivity contribution in [2.75, 3.05) is 43.8 Å². The molecule has 3 rings (SSSR count). The third-order valence-corrected chi connectivity index (χ3v) is 4.89. The topological polar surface area (TPSA) is 78.7 Å². The first-order valence-corrected chi connectivity index (χ1v) is 9.32. The van der Waals surface area contributed by atoms with Crippen molar-refractivity contribution < 1.29 is 9.59 Å². The molecule has 6 heteroatoms. The van der Waals surface area contributed by atoms with Crippen LogP contribution in [0.4, 0.5) is 11.4 Å². The third-order valence-electron chi connectivity index (χ3n) is 4.89. The number of hydrogen-bond acceptors (Lipinski definition) is 4. The molecule has 0 bridgehead atoms. The molecule has 0 aliphatic carbocycles. The Morgan fingerprint density at radius 1 is 1.00 bits per heavy atom. The van der Waals surface area contributed by atoms with Crippen molar-refractivity contribution in [2.45, 2.75) is 13.3 Å². The molecule has 2 amide bonds. The van der Waals surface area contributed by atoms with E-state index in [4.69, 9.17) is 5.73 Å². The van der Waals surface area contributed by atoms with Crippen molar-refractivity contribution in [2.24, 2.45) is 0 Å². The van der Waals surface area contributed by atoms with E-state index in [0.717, 1.165) is 17.7 Å². The van der Waals surface area contributed by atoms with Crippen LogP contribution in [0.3, 0.4) is 0 Å². The molecule has 0 unspecified atom stereocenters. The summed E-state index contributed by atoms with van der Waals surface area (Å²) in [5, 5.41) is 3.00. The van der Waals surface area contributed by atoms with Crippen LogP contribution in [0, 0.1) is 0 Å². The van der Waals surface area contributed by atoms with Crippen molar-refractivity contribution in [1.82, 2.24) is 9.80 Å². The second kappa shape index (κ2) is 8.68. The van der Waals surface area contributed by atoms with Crippen LogP contribution in [-0.2, 0) is 11.2 Å². The van der Waals surface area contributed by atoms with Gasteiger partial charge in [-0.3, -0.25) is 14.5 Å². The highest BCUT2D eigenvalue weighted by molar-refractivity contribution is 5.99. The number of nitrogens with one attached hydrogen (secondary N) is 1. The molecule has 2 aromatic rings. The van der Waals surface area contributed by atoms with Crippen LogP contribution in [-0.4, -0.2) is 54.3 Å². The van der Waals surface area contributed by atoms with Crippen LogP contribution >= 0.6 is 0 Å². The summed E-state index contributed by atoms with van der Waals surface area (Å²) < 4.78 is 0. The number of para-hydroxylation sites is 2. The Morgan fingerprint density at radius 3 is 2.37 bits per heavy atom. The molecule has 1 heterocycles. The molecule has 27 heavy (non-hydrogen) atoms. The van der Waals surface area contributed by atoms with Gasteiger partial charge in [0.15, 0.2) is 0 Å². The van der Waals surface area contributed by atoms with Gasteiger partial charge in [-0.2, -0.15) is 0 Å². The fourth-order valence-corrected chi connectivity index (χ4v) is 3.31. The molecule has 142 valence electrons. The number of nitrogens with two attached hydrogens (primary N) is 1. The van der Waals surface area contributed by atoms with Crippen molar-refractivity contribution in [3.05, 3.63) is 59.7 Å². The van der Waals surface area contributed by atoms with Gasteiger partial charge in [-0.1, -0.05) is 37.3 Å². The van der Waals surface area contributed by atoms with Gasteiger partial charge in [0.25, 0.3) is 5.91 Å². The van der Waals surface area contributed by atoms with E-state index in [1.165, 1.54) is 0 Å². The summed E-state index contributed by atoms with van der Waals surface area (Å²) in [6.45, 7) is 4.91. The Hall–Kier alpha value is -2.86. The minimum atomic E-state index is -0.0472. The molecular formula is C21H26N4O2. The number of carbonyl (C=O) groups excluding carboxylic acids is 2. The maximum atomic E-state index is 12.6. The van der Waals surface area contributed by atoms with E-state index in [-0.39, 0.29) is 11.8 Å². The zero-order chi connectivity index (χ0) is 19.2. The number of anilines is 2. The molecule has 0 radical (unpaired) electrons. The molecule has 2 aromatic carbocycles. The third kappa shape index (κ3) is 4.65. The smallest absolute Gasteiger partial charge is 0.256 e. The van der Waals surface area contributed by atoms with Crippen molar-refractivity contribution in [3.8, 4) is 0 Å². The first-order valence-electron chi connectivity index (χ1n) is 9.32. The van der Waals surface area contributed by atoms with Crippen molar-refractivity contribution in [3.63, 3.8) is 0 Å². The minimum Gasteiger partial charge on any atom is -0.398 e. The van der Waals surface area contributed by atoms with Crippen LogP contribution in [0.5, 0.6) is 0 Å². The van der Waals surface area contributed by atoms with E-state index in [1.54, 1.807) is 17.0 Å². The number of benzene rings is 2. The Kier molecular flexibility index (Phi) is 6.08. The molecule has 1 aliphatic rings. The number of hydrogen-bond donors (Lipinski definition) is 2. The zero-order valence-electron chi connectivity index (χ0n) is 15.6. The fraction of sp³-hybridized carbons (Fsp3) is 0.333. The molecule has 0 atom stereocenters. The Morgan fingerprint density at radius 2 is 1.67 bits per heavy atom. The van der Waals surface area contributed by atoms with Crippen LogP contribution in [0.25, 0.3) is 0 Å². The number of nitrogen functional groups attached to an aromatic ring is 1. The van der Waals surface area contributed by atoms with Gasteiger partial charge >= 0.3 is 0 Å². The van der Waals surface area contributed by atoms with Crippen LogP contribution in [0.15, 0.2) is 48.5 Å². The number of rotatable bonds is 5. The lowest BCUT2D eigenvalue weighted by molar-refractivity contribution is -0.117. The van der Waals surface area contributed by atoms with E-state index in [0.29, 0.717) is 44.0 Å². The first-order chi connectivity index (χ1) is 13.1. The molecule has 6 nitrogen and oxygen atoms in total.